The average molecular weight is 388 g/mol. The minimum Gasteiger partial charge on any atom is -0.347 e. The van der Waals surface area contributed by atoms with Gasteiger partial charge in [0.25, 0.3) is 11.6 Å². The van der Waals surface area contributed by atoms with Gasteiger partial charge in [-0.2, -0.15) is 0 Å². The third-order valence-electron chi connectivity index (χ3n) is 4.42. The second kappa shape index (κ2) is 10.3. The van der Waals surface area contributed by atoms with Gasteiger partial charge in [0.1, 0.15) is 5.82 Å². The molecule has 2 aromatic rings. The van der Waals surface area contributed by atoms with Crippen molar-refractivity contribution < 1.29 is 23.8 Å². The van der Waals surface area contributed by atoms with Gasteiger partial charge in [0.15, 0.2) is 12.3 Å². The van der Waals surface area contributed by atoms with Crippen LogP contribution in [0.3, 0.4) is 0 Å². The molecule has 0 fully saturated rings. The smallest absolute Gasteiger partial charge is 0.275 e. The number of hydrogen-bond acceptors (Lipinski definition) is 4. The highest BCUT2D eigenvalue weighted by Crippen LogP contribution is 2.12. The number of Topliss-reactive ketones (excluding diaryl/α,β-unsaturated/α-hetero) is 1. The number of carbonyl (C=O) groups excluding carboxylic acids is 2. The van der Waals surface area contributed by atoms with Gasteiger partial charge in [0, 0.05) is 24.2 Å². The summed E-state index contributed by atoms with van der Waals surface area (Å²) in [5.41, 5.74) is 1.16. The van der Waals surface area contributed by atoms with E-state index in [0.29, 0.717) is 25.2 Å². The summed E-state index contributed by atoms with van der Waals surface area (Å²) in [6, 6.07) is 11.4. The number of nitrogens with one attached hydrogen (secondary N) is 2. The summed E-state index contributed by atoms with van der Waals surface area (Å²) in [6.45, 7) is 3.63. The zero-order valence-electron chi connectivity index (χ0n) is 15.6. The van der Waals surface area contributed by atoms with Crippen LogP contribution >= 0.6 is 0 Å². The molecule has 148 valence electrons. The molecule has 1 amide bonds. The lowest BCUT2D eigenvalue weighted by molar-refractivity contribution is -0.889. The molecule has 0 aliphatic carbocycles. The van der Waals surface area contributed by atoms with Crippen molar-refractivity contribution in [3.8, 4) is 0 Å². The molecule has 2 aromatic carbocycles. The number of nitrogens with zero attached hydrogens (tertiary/aromatic N) is 1. The van der Waals surface area contributed by atoms with Crippen molar-refractivity contribution in [2.45, 2.75) is 19.9 Å². The minimum absolute atomic E-state index is 0.0600. The third-order valence-corrected chi connectivity index (χ3v) is 4.42. The molecule has 0 radical (unpaired) electrons. The average Bonchev–Trinajstić information content (AvgIpc) is 2.70. The number of rotatable bonds is 10. The van der Waals surface area contributed by atoms with Crippen molar-refractivity contribution in [3.05, 3.63) is 75.6 Å². The Hall–Kier alpha value is -3.13. The van der Waals surface area contributed by atoms with Crippen molar-refractivity contribution >= 4 is 17.4 Å². The Morgan fingerprint density at radius 2 is 1.75 bits per heavy atom. The number of likely N-dealkylation sites (N-methyl/N-ethyl adjacent to an activating group) is 1. The zero-order chi connectivity index (χ0) is 20.5. The number of amides is 1. The van der Waals surface area contributed by atoms with Crippen LogP contribution in [0.25, 0.3) is 0 Å². The number of carbonyl (C=O) groups is 2. The second-order valence-electron chi connectivity index (χ2n) is 6.41. The molecular weight excluding hydrogens is 365 g/mol. The molecule has 0 aliphatic heterocycles. The highest BCUT2D eigenvalue weighted by Gasteiger charge is 2.16. The maximum atomic E-state index is 12.9. The van der Waals surface area contributed by atoms with Crippen molar-refractivity contribution in [1.29, 1.82) is 0 Å². The number of ketones is 1. The van der Waals surface area contributed by atoms with Crippen molar-refractivity contribution in [3.63, 3.8) is 0 Å². The number of nitro benzene ring substituents is 1. The van der Waals surface area contributed by atoms with Crippen LogP contribution in [-0.2, 0) is 11.3 Å². The minimum atomic E-state index is -0.512. The first-order valence-corrected chi connectivity index (χ1v) is 9.01. The van der Waals surface area contributed by atoms with E-state index in [4.69, 9.17) is 0 Å². The molecule has 1 atom stereocenters. The first-order chi connectivity index (χ1) is 13.4. The Morgan fingerprint density at radius 1 is 1.11 bits per heavy atom. The normalized spacial score (nSPS) is 11.6. The predicted molar refractivity (Wildman–Crippen MR) is 102 cm³/mol. The number of quaternary nitrogens is 1. The zero-order valence-corrected chi connectivity index (χ0v) is 15.6. The Labute approximate surface area is 162 Å². The molecule has 1 unspecified atom stereocenters. The third kappa shape index (κ3) is 6.55. The van der Waals surface area contributed by atoms with E-state index in [9.17, 15) is 24.1 Å². The van der Waals surface area contributed by atoms with Crippen LogP contribution in [0.1, 0.15) is 29.3 Å². The van der Waals surface area contributed by atoms with Crippen LogP contribution in [0.2, 0.25) is 0 Å². The molecule has 8 heteroatoms. The number of hydrogen-bond donors (Lipinski definition) is 2. The summed E-state index contributed by atoms with van der Waals surface area (Å²) < 4.78 is 12.9. The maximum Gasteiger partial charge on any atom is 0.275 e. The molecule has 0 aliphatic rings. The standard InChI is InChI=1S/C20H22FN3O4/c1-2-23(14-20(26)22-13-15-3-7-17(21)8-4-15)12-11-19(25)16-5-9-18(10-6-16)24(27)28/h3-10H,2,11-14H2,1H3,(H,22,26)/p+1. The van der Waals surface area contributed by atoms with Crippen molar-refractivity contribution in [1.82, 2.24) is 5.32 Å². The number of nitro groups is 1. The lowest BCUT2D eigenvalue weighted by Gasteiger charge is -2.17. The molecule has 0 bridgehead atoms. The fraction of sp³-hybridized carbons (Fsp3) is 0.300. The van der Waals surface area contributed by atoms with E-state index in [-0.39, 0.29) is 36.2 Å². The quantitative estimate of drug-likeness (QED) is 0.367. The molecular formula is C20H23FN3O4+. The summed E-state index contributed by atoms with van der Waals surface area (Å²) in [6.07, 6.45) is 0.242. The molecule has 7 nitrogen and oxygen atoms in total. The van der Waals surface area contributed by atoms with Crippen molar-refractivity contribution in [2.24, 2.45) is 0 Å². The summed E-state index contributed by atoms with van der Waals surface area (Å²) in [5.74, 6) is -0.592. The van der Waals surface area contributed by atoms with Gasteiger partial charge in [0.2, 0.25) is 0 Å². The van der Waals surface area contributed by atoms with Gasteiger partial charge in [0.05, 0.1) is 24.4 Å². The number of non-ortho nitro benzene ring substituents is 1. The van der Waals surface area contributed by atoms with Crippen molar-refractivity contribution in [2.75, 3.05) is 19.6 Å². The highest BCUT2D eigenvalue weighted by molar-refractivity contribution is 5.96. The predicted octanol–water partition coefficient (Wildman–Crippen LogP) is 1.53. The lowest BCUT2D eigenvalue weighted by atomic mass is 10.1. The van der Waals surface area contributed by atoms with E-state index in [0.717, 1.165) is 10.5 Å². The first kappa shape index (κ1) is 21.2. The summed E-state index contributed by atoms with van der Waals surface area (Å²) in [5, 5.41) is 13.4. The maximum absolute atomic E-state index is 12.9. The Morgan fingerprint density at radius 3 is 2.32 bits per heavy atom. The van der Waals surface area contributed by atoms with Gasteiger partial charge in [-0.3, -0.25) is 19.7 Å². The van der Waals surface area contributed by atoms with Gasteiger partial charge < -0.3 is 10.2 Å². The van der Waals surface area contributed by atoms with Gasteiger partial charge >= 0.3 is 0 Å². The van der Waals surface area contributed by atoms with Gasteiger partial charge in [-0.25, -0.2) is 4.39 Å². The molecule has 0 spiro atoms. The van der Waals surface area contributed by atoms with E-state index in [1.165, 1.54) is 36.4 Å². The highest BCUT2D eigenvalue weighted by atomic mass is 19.1. The lowest BCUT2D eigenvalue weighted by Crippen LogP contribution is -3.13. The first-order valence-electron chi connectivity index (χ1n) is 9.01. The number of benzene rings is 2. The molecule has 2 N–H and O–H groups in total. The Kier molecular flexibility index (Phi) is 7.76. The Bertz CT molecular complexity index is 822. The van der Waals surface area contributed by atoms with Crippen LogP contribution < -0.4 is 10.2 Å². The van der Waals surface area contributed by atoms with E-state index >= 15 is 0 Å². The molecule has 28 heavy (non-hydrogen) atoms. The van der Waals surface area contributed by atoms with E-state index in [1.54, 1.807) is 12.1 Å². The van der Waals surface area contributed by atoms with Gasteiger partial charge in [-0.1, -0.05) is 12.1 Å². The summed E-state index contributed by atoms with van der Waals surface area (Å²) >= 11 is 0. The second-order valence-corrected chi connectivity index (χ2v) is 6.41. The molecule has 0 heterocycles. The molecule has 0 saturated heterocycles. The largest absolute Gasteiger partial charge is 0.347 e. The van der Waals surface area contributed by atoms with E-state index in [2.05, 4.69) is 5.32 Å². The van der Waals surface area contributed by atoms with Crippen LogP contribution in [-0.4, -0.2) is 36.2 Å². The van der Waals surface area contributed by atoms with E-state index < -0.39 is 4.92 Å². The van der Waals surface area contributed by atoms with Gasteiger partial charge in [-0.15, -0.1) is 0 Å². The fourth-order valence-electron chi connectivity index (χ4n) is 2.69. The SMILES string of the molecule is CC[NH+](CCC(=O)c1ccc([N+](=O)[O-])cc1)CC(=O)NCc1ccc(F)cc1. The molecule has 2 rings (SSSR count). The van der Waals surface area contributed by atoms with Crippen LogP contribution in [0.4, 0.5) is 10.1 Å². The monoisotopic (exact) mass is 388 g/mol. The topological polar surface area (TPSA) is 93.8 Å². The fourth-order valence-corrected chi connectivity index (χ4v) is 2.69. The van der Waals surface area contributed by atoms with Crippen LogP contribution in [0.5, 0.6) is 0 Å². The summed E-state index contributed by atoms with van der Waals surface area (Å²) in [7, 11) is 0. The summed E-state index contributed by atoms with van der Waals surface area (Å²) in [4.78, 5) is 35.5. The van der Waals surface area contributed by atoms with E-state index in [1.807, 2.05) is 6.92 Å². The molecule has 0 saturated carbocycles. The van der Waals surface area contributed by atoms with Crippen LogP contribution in [0, 0.1) is 15.9 Å². The van der Waals surface area contributed by atoms with Crippen LogP contribution in [0.15, 0.2) is 48.5 Å². The number of halogens is 1. The molecule has 0 aromatic heterocycles. The van der Waals surface area contributed by atoms with Gasteiger partial charge in [-0.05, 0) is 36.8 Å². The Balaban J connectivity index is 1.79.